The first-order valence-electron chi connectivity index (χ1n) is 7.44. The van der Waals surface area contributed by atoms with Gasteiger partial charge in [-0.2, -0.15) is 0 Å². The van der Waals surface area contributed by atoms with Gasteiger partial charge in [-0.1, -0.05) is 23.2 Å². The largest absolute Gasteiger partial charge is 0.491 e. The summed E-state index contributed by atoms with van der Waals surface area (Å²) in [5, 5.41) is 0.910. The Balaban J connectivity index is 2.02. The van der Waals surface area contributed by atoms with Crippen molar-refractivity contribution in [2.45, 2.75) is 12.8 Å². The van der Waals surface area contributed by atoms with E-state index in [9.17, 15) is 9.59 Å². The Kier molecular flexibility index (Phi) is 4.78. The average molecular weight is 365 g/mol. The van der Waals surface area contributed by atoms with Crippen LogP contribution in [0.4, 0.5) is 0 Å². The Morgan fingerprint density at radius 2 is 1.88 bits per heavy atom. The molecule has 3 rings (SSSR count). The fourth-order valence-electron chi connectivity index (χ4n) is 2.65. The van der Waals surface area contributed by atoms with Crippen LogP contribution in [0.2, 0.25) is 10.0 Å². The molecule has 1 unspecified atom stereocenters. The monoisotopic (exact) mass is 364 g/mol. The number of carbonyl (C=O) groups is 2. The van der Waals surface area contributed by atoms with Crippen molar-refractivity contribution in [3.63, 3.8) is 0 Å². The lowest BCUT2D eigenvalue weighted by atomic mass is 9.95. The normalized spacial score (nSPS) is 15.5. The molecule has 0 saturated carbocycles. The average Bonchev–Trinajstić information content (AvgIpc) is 2.98. The topological polar surface area (TPSA) is 52.6 Å². The molecule has 0 bridgehead atoms. The zero-order valence-electron chi connectivity index (χ0n) is 12.8. The van der Waals surface area contributed by atoms with Crippen LogP contribution in [0.5, 0.6) is 5.75 Å². The Bertz CT molecular complexity index is 799. The first-order chi connectivity index (χ1) is 11.5. The summed E-state index contributed by atoms with van der Waals surface area (Å²) in [4.78, 5) is 24.8. The fourth-order valence-corrected chi connectivity index (χ4v) is 3.01. The maximum Gasteiger partial charge on any atom is 0.317 e. The third-order valence-electron chi connectivity index (χ3n) is 3.77. The molecule has 0 amide bonds. The van der Waals surface area contributed by atoms with Gasteiger partial charge in [0.1, 0.15) is 18.3 Å². The van der Waals surface area contributed by atoms with Crippen LogP contribution in [0, 0.1) is 0 Å². The first kappa shape index (κ1) is 16.8. The number of fused-ring (bicyclic) bond motifs is 1. The molecule has 2 aromatic rings. The zero-order chi connectivity index (χ0) is 17.3. The second kappa shape index (κ2) is 6.83. The molecule has 0 fully saturated rings. The fraction of sp³-hybridized carbons (Fsp3) is 0.222. The lowest BCUT2D eigenvalue weighted by Gasteiger charge is -2.10. The highest BCUT2D eigenvalue weighted by atomic mass is 35.5. The van der Waals surface area contributed by atoms with E-state index < -0.39 is 5.92 Å². The molecule has 0 spiro atoms. The minimum absolute atomic E-state index is 0.134. The van der Waals surface area contributed by atoms with Crippen molar-refractivity contribution in [3.05, 3.63) is 63.1 Å². The Hall–Kier alpha value is -2.04. The molecule has 0 aliphatic carbocycles. The van der Waals surface area contributed by atoms with Gasteiger partial charge in [0.05, 0.1) is 12.2 Å². The molecule has 1 aliphatic heterocycles. The molecule has 124 valence electrons. The number of benzene rings is 2. The van der Waals surface area contributed by atoms with Crippen molar-refractivity contribution < 1.29 is 19.1 Å². The van der Waals surface area contributed by atoms with Gasteiger partial charge < -0.3 is 9.47 Å². The van der Waals surface area contributed by atoms with E-state index in [1.165, 1.54) is 0 Å². The van der Waals surface area contributed by atoms with E-state index in [0.717, 1.165) is 0 Å². The van der Waals surface area contributed by atoms with Gasteiger partial charge in [0.15, 0.2) is 5.78 Å². The van der Waals surface area contributed by atoms with E-state index >= 15 is 0 Å². The van der Waals surface area contributed by atoms with Crippen molar-refractivity contribution in [1.82, 2.24) is 0 Å². The molecule has 6 heteroatoms. The number of hydrogen-bond donors (Lipinski definition) is 0. The quantitative estimate of drug-likeness (QED) is 0.600. The summed E-state index contributed by atoms with van der Waals surface area (Å²) in [6.07, 6.45) is 0. The standard InChI is InChI=1S/C18H14Cl2O4/c1-2-23-18(22)15-9-24-17-13(15)7-12(20)8-14(17)16(21)10-3-5-11(19)6-4-10/h3-8,15H,2,9H2,1H3. The molecule has 1 aliphatic rings. The van der Waals surface area contributed by atoms with Crippen LogP contribution in [0.15, 0.2) is 36.4 Å². The summed E-state index contributed by atoms with van der Waals surface area (Å²) in [6.45, 7) is 2.15. The first-order valence-corrected chi connectivity index (χ1v) is 8.20. The number of ketones is 1. The third kappa shape index (κ3) is 3.12. The molecule has 0 saturated heterocycles. The van der Waals surface area contributed by atoms with Crippen LogP contribution in [-0.4, -0.2) is 25.0 Å². The predicted octanol–water partition coefficient (Wildman–Crippen LogP) is 4.26. The summed E-state index contributed by atoms with van der Waals surface area (Å²) < 4.78 is 10.7. The van der Waals surface area contributed by atoms with Crippen molar-refractivity contribution >= 4 is 35.0 Å². The van der Waals surface area contributed by atoms with Gasteiger partial charge in [-0.15, -0.1) is 0 Å². The Morgan fingerprint density at radius 3 is 2.54 bits per heavy atom. The van der Waals surface area contributed by atoms with Gasteiger partial charge >= 0.3 is 5.97 Å². The van der Waals surface area contributed by atoms with E-state index in [1.54, 1.807) is 43.3 Å². The SMILES string of the molecule is CCOC(=O)C1COc2c(C(=O)c3ccc(Cl)cc3)cc(Cl)cc21. The van der Waals surface area contributed by atoms with Gasteiger partial charge in [0.25, 0.3) is 0 Å². The second-order valence-corrected chi connectivity index (χ2v) is 6.20. The van der Waals surface area contributed by atoms with E-state index in [-0.39, 0.29) is 25.0 Å². The smallest absolute Gasteiger partial charge is 0.317 e. The second-order valence-electron chi connectivity index (χ2n) is 5.32. The Labute approximate surface area is 149 Å². The summed E-state index contributed by atoms with van der Waals surface area (Å²) in [5.41, 5.74) is 1.37. The van der Waals surface area contributed by atoms with Crippen LogP contribution in [-0.2, 0) is 9.53 Å². The highest BCUT2D eigenvalue weighted by Crippen LogP contribution is 2.40. The molecule has 1 heterocycles. The minimum atomic E-state index is -0.574. The van der Waals surface area contributed by atoms with Crippen molar-refractivity contribution in [2.24, 2.45) is 0 Å². The Morgan fingerprint density at radius 1 is 1.17 bits per heavy atom. The highest BCUT2D eigenvalue weighted by molar-refractivity contribution is 6.32. The molecule has 0 N–H and O–H groups in total. The molecule has 1 atom stereocenters. The van der Waals surface area contributed by atoms with Crippen LogP contribution in [0.25, 0.3) is 0 Å². The van der Waals surface area contributed by atoms with Crippen molar-refractivity contribution in [1.29, 1.82) is 0 Å². The van der Waals surface area contributed by atoms with Gasteiger partial charge in [0.2, 0.25) is 0 Å². The number of carbonyl (C=O) groups excluding carboxylic acids is 2. The van der Waals surface area contributed by atoms with Crippen molar-refractivity contribution in [2.75, 3.05) is 13.2 Å². The lowest BCUT2D eigenvalue weighted by molar-refractivity contribution is -0.145. The highest BCUT2D eigenvalue weighted by Gasteiger charge is 2.35. The lowest BCUT2D eigenvalue weighted by Crippen LogP contribution is -2.17. The van der Waals surface area contributed by atoms with Crippen LogP contribution in [0.1, 0.15) is 34.3 Å². The van der Waals surface area contributed by atoms with E-state index in [1.807, 2.05) is 0 Å². The molecular weight excluding hydrogens is 351 g/mol. The number of ether oxygens (including phenoxy) is 2. The van der Waals surface area contributed by atoms with Gasteiger partial charge in [0, 0.05) is 21.2 Å². The molecule has 2 aromatic carbocycles. The molecule has 0 aromatic heterocycles. The minimum Gasteiger partial charge on any atom is -0.491 e. The number of halogens is 2. The number of esters is 1. The predicted molar refractivity (Wildman–Crippen MR) is 91.2 cm³/mol. The van der Waals surface area contributed by atoms with Crippen molar-refractivity contribution in [3.8, 4) is 5.75 Å². The number of hydrogen-bond acceptors (Lipinski definition) is 4. The zero-order valence-corrected chi connectivity index (χ0v) is 14.4. The van der Waals surface area contributed by atoms with Gasteiger partial charge in [-0.05, 0) is 43.3 Å². The summed E-state index contributed by atoms with van der Waals surface area (Å²) >= 11 is 12.0. The van der Waals surface area contributed by atoms with E-state index in [2.05, 4.69) is 0 Å². The maximum atomic E-state index is 12.8. The molecular formula is C18H14Cl2O4. The molecule has 4 nitrogen and oxygen atoms in total. The van der Waals surface area contributed by atoms with Gasteiger partial charge in [-0.25, -0.2) is 0 Å². The third-order valence-corrected chi connectivity index (χ3v) is 4.24. The van der Waals surface area contributed by atoms with Crippen LogP contribution < -0.4 is 4.74 Å². The van der Waals surface area contributed by atoms with Gasteiger partial charge in [-0.3, -0.25) is 9.59 Å². The maximum absolute atomic E-state index is 12.8. The van der Waals surface area contributed by atoms with E-state index in [4.69, 9.17) is 32.7 Å². The van der Waals surface area contributed by atoms with E-state index in [0.29, 0.717) is 32.5 Å². The van der Waals surface area contributed by atoms with Crippen LogP contribution in [0.3, 0.4) is 0 Å². The summed E-state index contributed by atoms with van der Waals surface area (Å²) in [5.74, 6) is -0.814. The molecule has 0 radical (unpaired) electrons. The summed E-state index contributed by atoms with van der Waals surface area (Å²) in [6, 6.07) is 9.74. The molecule has 24 heavy (non-hydrogen) atoms. The summed E-state index contributed by atoms with van der Waals surface area (Å²) in [7, 11) is 0. The number of rotatable bonds is 4. The van der Waals surface area contributed by atoms with Crippen LogP contribution >= 0.6 is 23.2 Å².